The summed E-state index contributed by atoms with van der Waals surface area (Å²) in [5.74, 6) is 0. The Balaban J connectivity index is 3.94. The number of aliphatic hydroxyl groups is 2. The first-order valence-corrected chi connectivity index (χ1v) is 7.21. The minimum absolute atomic E-state index is 0.113. The van der Waals surface area contributed by atoms with Gasteiger partial charge in [0.15, 0.2) is 0 Å². The van der Waals surface area contributed by atoms with Crippen LogP contribution in [-0.4, -0.2) is 34.9 Å². The summed E-state index contributed by atoms with van der Waals surface area (Å²) in [5, 5.41) is 18.4. The van der Waals surface area contributed by atoms with Crippen molar-refractivity contribution >= 4 is 22.6 Å². The smallest absolute Gasteiger partial charge is 0.369 e. The highest BCUT2D eigenvalue weighted by atomic mass is 127. The lowest BCUT2D eigenvalue weighted by Gasteiger charge is -2.36. The predicted octanol–water partition coefficient (Wildman–Crippen LogP) is 4.92. The number of rotatable bonds is 2. The first-order valence-electron chi connectivity index (χ1n) is 6.14. The van der Waals surface area contributed by atoms with Gasteiger partial charge in [-0.3, -0.25) is 0 Å². The van der Waals surface area contributed by atoms with E-state index in [9.17, 15) is 62.9 Å². The van der Waals surface area contributed by atoms with Gasteiger partial charge in [0.1, 0.15) is 0 Å². The van der Waals surface area contributed by atoms with Gasteiger partial charge >= 0.3 is 24.7 Å². The maximum Gasteiger partial charge on any atom is 0.430 e. The second kappa shape index (κ2) is 6.53. The molecule has 0 saturated carbocycles. The average molecular weight is 536 g/mol. The third-order valence-electron chi connectivity index (χ3n) is 3.37. The lowest BCUT2D eigenvalue weighted by atomic mass is 9.85. The van der Waals surface area contributed by atoms with Crippen molar-refractivity contribution in [3.63, 3.8) is 0 Å². The molecule has 0 aromatic heterocycles. The van der Waals surface area contributed by atoms with Gasteiger partial charge in [0, 0.05) is 14.7 Å². The number of halogens is 13. The Kier molecular flexibility index (Phi) is 5.83. The van der Waals surface area contributed by atoms with Gasteiger partial charge in [-0.15, -0.1) is 0 Å². The molecule has 15 heteroatoms. The molecule has 0 amide bonds. The Morgan fingerprint density at radius 2 is 0.741 bits per heavy atom. The van der Waals surface area contributed by atoms with Crippen molar-refractivity contribution in [2.75, 3.05) is 0 Å². The molecule has 156 valence electrons. The van der Waals surface area contributed by atoms with Crippen LogP contribution in [0, 0.1) is 3.57 Å². The fourth-order valence-electron chi connectivity index (χ4n) is 1.98. The molecule has 0 aliphatic heterocycles. The molecule has 1 aromatic rings. The molecule has 2 N–H and O–H groups in total. The molecule has 0 unspecified atom stereocenters. The van der Waals surface area contributed by atoms with Gasteiger partial charge in [0.25, 0.3) is 11.2 Å². The second-order valence-corrected chi connectivity index (χ2v) is 6.39. The highest BCUT2D eigenvalue weighted by molar-refractivity contribution is 14.1. The molecule has 0 fully saturated rings. The molecule has 0 bridgehead atoms. The zero-order chi connectivity index (χ0) is 21.9. The summed E-state index contributed by atoms with van der Waals surface area (Å²) in [6, 6.07) is -1.07. The van der Waals surface area contributed by atoms with E-state index in [-0.39, 0.29) is 12.1 Å². The Morgan fingerprint density at radius 1 is 0.519 bits per heavy atom. The standard InChI is InChI=1S/C12H5F12IO2/c13-9(14,15)7(26,10(16,17)18)4-1-5(3-6(25)2-4)8(27,11(19,20)21)12(22,23)24/h1-3,26-27H. The third-order valence-corrected chi connectivity index (χ3v) is 4.00. The Labute approximate surface area is 154 Å². The van der Waals surface area contributed by atoms with E-state index in [2.05, 4.69) is 0 Å². The van der Waals surface area contributed by atoms with Gasteiger partial charge in [-0.2, -0.15) is 52.7 Å². The Bertz CT molecular complexity index is 616. The molecule has 0 saturated heterocycles. The van der Waals surface area contributed by atoms with Crippen LogP contribution in [0.5, 0.6) is 0 Å². The monoisotopic (exact) mass is 536 g/mol. The molecule has 27 heavy (non-hydrogen) atoms. The number of alkyl halides is 12. The summed E-state index contributed by atoms with van der Waals surface area (Å²) in [6.45, 7) is 0. The van der Waals surface area contributed by atoms with Crippen LogP contribution in [-0.2, 0) is 11.2 Å². The molecular formula is C12H5F12IO2. The molecule has 1 aromatic carbocycles. The SMILES string of the molecule is OC(c1cc(I)cc(C(O)(C(F)(F)F)C(F)(F)F)c1)(C(F)(F)F)C(F)(F)F. The van der Waals surface area contributed by atoms with Gasteiger partial charge in [-0.1, -0.05) is 0 Å². The Hall–Kier alpha value is -0.970. The van der Waals surface area contributed by atoms with Crippen LogP contribution >= 0.6 is 22.6 Å². The lowest BCUT2D eigenvalue weighted by Crippen LogP contribution is -2.55. The highest BCUT2D eigenvalue weighted by Gasteiger charge is 2.74. The molecule has 0 aliphatic carbocycles. The summed E-state index contributed by atoms with van der Waals surface area (Å²) in [5.41, 5.74) is -16.3. The summed E-state index contributed by atoms with van der Waals surface area (Å²) in [6.07, 6.45) is -26.2. The molecule has 2 nitrogen and oxygen atoms in total. The van der Waals surface area contributed by atoms with Crippen LogP contribution < -0.4 is 0 Å². The quantitative estimate of drug-likeness (QED) is 0.417. The van der Waals surface area contributed by atoms with Crippen LogP contribution in [0.25, 0.3) is 0 Å². The molecule has 0 aliphatic rings. The zero-order valence-electron chi connectivity index (χ0n) is 12.0. The van der Waals surface area contributed by atoms with Crippen LogP contribution in [0.15, 0.2) is 18.2 Å². The van der Waals surface area contributed by atoms with Crippen molar-refractivity contribution in [2.45, 2.75) is 35.9 Å². The van der Waals surface area contributed by atoms with Crippen molar-refractivity contribution in [3.8, 4) is 0 Å². The highest BCUT2D eigenvalue weighted by Crippen LogP contribution is 2.54. The van der Waals surface area contributed by atoms with E-state index in [0.717, 1.165) is 22.6 Å². The molecular weight excluding hydrogens is 531 g/mol. The first-order chi connectivity index (χ1) is 11.6. The maximum absolute atomic E-state index is 12.8. The predicted molar refractivity (Wildman–Crippen MR) is 71.2 cm³/mol. The lowest BCUT2D eigenvalue weighted by molar-refractivity contribution is -0.378. The summed E-state index contributed by atoms with van der Waals surface area (Å²) in [7, 11) is 0. The van der Waals surface area contributed by atoms with E-state index in [4.69, 9.17) is 0 Å². The van der Waals surface area contributed by atoms with E-state index in [1.54, 1.807) is 0 Å². The van der Waals surface area contributed by atoms with Gasteiger partial charge in [-0.25, -0.2) is 0 Å². The number of hydrogen-bond acceptors (Lipinski definition) is 2. The maximum atomic E-state index is 12.8. The van der Waals surface area contributed by atoms with Crippen LogP contribution in [0.4, 0.5) is 52.7 Å². The molecule has 0 atom stereocenters. The largest absolute Gasteiger partial charge is 0.430 e. The van der Waals surface area contributed by atoms with Gasteiger partial charge < -0.3 is 10.2 Å². The van der Waals surface area contributed by atoms with Crippen LogP contribution in [0.3, 0.4) is 0 Å². The minimum atomic E-state index is -6.55. The van der Waals surface area contributed by atoms with Crippen molar-refractivity contribution in [3.05, 3.63) is 32.9 Å². The average Bonchev–Trinajstić information content (AvgIpc) is 2.39. The Morgan fingerprint density at radius 3 is 0.926 bits per heavy atom. The van der Waals surface area contributed by atoms with Crippen LogP contribution in [0.2, 0.25) is 0 Å². The van der Waals surface area contributed by atoms with Crippen molar-refractivity contribution < 1.29 is 62.9 Å². The van der Waals surface area contributed by atoms with Gasteiger partial charge in [-0.05, 0) is 40.8 Å². The second-order valence-electron chi connectivity index (χ2n) is 5.14. The van der Waals surface area contributed by atoms with E-state index in [1.165, 1.54) is 0 Å². The first kappa shape index (κ1) is 24.1. The van der Waals surface area contributed by atoms with Crippen molar-refractivity contribution in [1.29, 1.82) is 0 Å². The summed E-state index contributed by atoms with van der Waals surface area (Å²) in [4.78, 5) is 0. The van der Waals surface area contributed by atoms with Crippen molar-refractivity contribution in [1.82, 2.24) is 0 Å². The minimum Gasteiger partial charge on any atom is -0.369 e. The van der Waals surface area contributed by atoms with E-state index < -0.39 is 56.7 Å². The van der Waals surface area contributed by atoms with E-state index in [0.29, 0.717) is 0 Å². The zero-order valence-corrected chi connectivity index (χ0v) is 14.2. The normalized spacial score (nSPS) is 15.2. The van der Waals surface area contributed by atoms with Gasteiger partial charge in [0.2, 0.25) is 0 Å². The van der Waals surface area contributed by atoms with Gasteiger partial charge in [0.05, 0.1) is 0 Å². The summed E-state index contributed by atoms with van der Waals surface area (Å²) < 4.78 is 153. The van der Waals surface area contributed by atoms with Crippen molar-refractivity contribution in [2.24, 2.45) is 0 Å². The molecule has 1 rings (SSSR count). The topological polar surface area (TPSA) is 40.5 Å². The molecule has 0 heterocycles. The van der Waals surface area contributed by atoms with Crippen LogP contribution in [0.1, 0.15) is 11.1 Å². The van der Waals surface area contributed by atoms with E-state index in [1.807, 2.05) is 0 Å². The number of benzene rings is 1. The fourth-order valence-corrected chi connectivity index (χ4v) is 2.65. The third kappa shape index (κ3) is 3.81. The number of hydrogen-bond donors (Lipinski definition) is 2. The molecule has 0 radical (unpaired) electrons. The fraction of sp³-hybridized carbons (Fsp3) is 0.500. The summed E-state index contributed by atoms with van der Waals surface area (Å²) >= 11 is 0.832. The molecule has 0 spiro atoms. The van der Waals surface area contributed by atoms with E-state index >= 15 is 0 Å².